The van der Waals surface area contributed by atoms with E-state index < -0.39 is 76.5 Å². The highest BCUT2D eigenvalue weighted by Crippen LogP contribution is 2.48. The second kappa shape index (κ2) is 25.5. The van der Waals surface area contributed by atoms with E-state index in [0.717, 1.165) is 24.3 Å². The van der Waals surface area contributed by atoms with Crippen molar-refractivity contribution in [2.24, 2.45) is 5.92 Å². The molecule has 0 spiro atoms. The van der Waals surface area contributed by atoms with Crippen LogP contribution >= 0.6 is 0 Å². The summed E-state index contributed by atoms with van der Waals surface area (Å²) in [7, 11) is 0. The molecule has 0 fully saturated rings. The molecule has 0 saturated heterocycles. The summed E-state index contributed by atoms with van der Waals surface area (Å²) in [5.41, 5.74) is 0.723. The molecule has 0 aromatic heterocycles. The Labute approximate surface area is 404 Å². The molecule has 0 bridgehead atoms. The molecule has 70 heavy (non-hydrogen) atoms. The van der Waals surface area contributed by atoms with Gasteiger partial charge in [0, 0.05) is 18.8 Å². The van der Waals surface area contributed by atoms with Crippen LogP contribution in [-0.4, -0.2) is 96.2 Å². The average molecular weight is 959 g/mol. The molecule has 4 aromatic rings. The minimum Gasteiger partial charge on any atom is -0.504 e. The fraction of sp³-hybridized carbons (Fsp3) is 0.222. The summed E-state index contributed by atoms with van der Waals surface area (Å²) in [5, 5.41) is 42.6. The number of fused-ring (bicyclic) bond motifs is 1. The molecule has 4 N–H and O–H groups in total. The van der Waals surface area contributed by atoms with Crippen molar-refractivity contribution in [1.29, 1.82) is 0 Å². The average Bonchev–Trinajstić information content (AvgIpc) is 3.35. The van der Waals surface area contributed by atoms with Crippen LogP contribution in [0, 0.1) is 5.92 Å². The molecule has 16 heteroatoms. The summed E-state index contributed by atoms with van der Waals surface area (Å²) < 4.78 is 45.9. The number of ether oxygens (including phenoxy) is 8. The summed E-state index contributed by atoms with van der Waals surface area (Å²) in [4.78, 5) is 57.6. The van der Waals surface area contributed by atoms with Crippen LogP contribution in [0.15, 0.2) is 148 Å². The number of benzene rings is 4. The first-order chi connectivity index (χ1) is 33.8. The van der Waals surface area contributed by atoms with Crippen molar-refractivity contribution >= 4 is 30.0 Å². The van der Waals surface area contributed by atoms with Crippen LogP contribution in [0.1, 0.15) is 33.7 Å². The summed E-state index contributed by atoms with van der Waals surface area (Å²) in [6.07, 6.45) is 5.99. The smallest absolute Gasteiger partial charge is 0.348 e. The molecular formula is C54H54O16. The summed E-state index contributed by atoms with van der Waals surface area (Å²) in [5.74, 6) is -8.72. The first-order valence-corrected chi connectivity index (χ1v) is 21.7. The fourth-order valence-corrected chi connectivity index (χ4v) is 7.25. The SMILES string of the molecule is C=CCOC(=O)[C@H](Cc1ccc(OCC=C)c(OCC=C)c1)OC(=O)C1=Cc2cc(O)c(O)cc2[C@H](c2ccc(O)c(O)c2)[C@H]1C(=O)O[C@@H](Cc1ccc(OCC=C)c(OCC=C)c1)C(=O)OCC=C. The van der Waals surface area contributed by atoms with E-state index in [1.807, 2.05) is 0 Å². The lowest BCUT2D eigenvalue weighted by Crippen LogP contribution is -2.40. The Kier molecular flexibility index (Phi) is 19.0. The quantitative estimate of drug-likeness (QED) is 0.0195. The normalized spacial score (nSPS) is 14.4. The number of phenols is 4. The molecule has 1 aliphatic carbocycles. The number of carbonyl (C=O) groups is 4. The maximum Gasteiger partial charge on any atom is 0.348 e. The predicted octanol–water partition coefficient (Wildman–Crippen LogP) is 7.68. The minimum absolute atomic E-state index is 0.0962. The van der Waals surface area contributed by atoms with Crippen LogP contribution in [0.25, 0.3) is 6.08 Å². The van der Waals surface area contributed by atoms with E-state index in [2.05, 4.69) is 39.5 Å². The van der Waals surface area contributed by atoms with Gasteiger partial charge in [-0.15, -0.1) is 0 Å². The summed E-state index contributed by atoms with van der Waals surface area (Å²) in [6.45, 7) is 21.9. The van der Waals surface area contributed by atoms with Gasteiger partial charge in [-0.2, -0.15) is 0 Å². The molecule has 0 amide bonds. The molecule has 366 valence electrons. The highest BCUT2D eigenvalue weighted by molar-refractivity contribution is 6.03. The van der Waals surface area contributed by atoms with Crippen molar-refractivity contribution in [2.45, 2.75) is 31.0 Å². The van der Waals surface area contributed by atoms with Gasteiger partial charge in [-0.3, -0.25) is 4.79 Å². The highest BCUT2D eigenvalue weighted by Gasteiger charge is 2.45. The van der Waals surface area contributed by atoms with Gasteiger partial charge < -0.3 is 58.3 Å². The van der Waals surface area contributed by atoms with E-state index >= 15 is 4.79 Å². The van der Waals surface area contributed by atoms with Gasteiger partial charge in [0.2, 0.25) is 12.2 Å². The lowest BCUT2D eigenvalue weighted by molar-refractivity contribution is -0.170. The molecule has 5 rings (SSSR count). The number of esters is 4. The Hall–Kier alpha value is -8.66. The molecule has 16 nitrogen and oxygen atoms in total. The van der Waals surface area contributed by atoms with Crippen molar-refractivity contribution in [1.82, 2.24) is 0 Å². The third-order valence-corrected chi connectivity index (χ3v) is 10.3. The zero-order valence-electron chi connectivity index (χ0n) is 38.3. The second-order valence-electron chi connectivity index (χ2n) is 15.3. The van der Waals surface area contributed by atoms with Crippen LogP contribution in [0.5, 0.6) is 46.0 Å². The summed E-state index contributed by atoms with van der Waals surface area (Å²) in [6, 6.07) is 15.4. The zero-order valence-corrected chi connectivity index (χ0v) is 38.3. The number of hydrogen-bond donors (Lipinski definition) is 4. The van der Waals surface area contributed by atoms with Crippen LogP contribution in [0.3, 0.4) is 0 Å². The lowest BCUT2D eigenvalue weighted by Gasteiger charge is -2.34. The Balaban J connectivity index is 1.64. The van der Waals surface area contributed by atoms with Gasteiger partial charge in [0.05, 0.1) is 11.5 Å². The number of carbonyl (C=O) groups excluding carboxylic acids is 4. The maximum absolute atomic E-state index is 15.1. The van der Waals surface area contributed by atoms with Gasteiger partial charge in [-0.25, -0.2) is 14.4 Å². The van der Waals surface area contributed by atoms with Gasteiger partial charge in [0.25, 0.3) is 0 Å². The fourth-order valence-electron chi connectivity index (χ4n) is 7.25. The number of rotatable bonds is 27. The minimum atomic E-state index is -1.80. The molecule has 4 atom stereocenters. The monoisotopic (exact) mass is 958 g/mol. The van der Waals surface area contributed by atoms with Gasteiger partial charge >= 0.3 is 23.9 Å². The largest absolute Gasteiger partial charge is 0.504 e. The van der Waals surface area contributed by atoms with E-state index in [1.54, 1.807) is 48.6 Å². The Bertz CT molecular complexity index is 2640. The molecule has 0 radical (unpaired) electrons. The first-order valence-electron chi connectivity index (χ1n) is 21.7. The van der Waals surface area contributed by atoms with Crippen LogP contribution in [0.2, 0.25) is 0 Å². The van der Waals surface area contributed by atoms with Crippen LogP contribution < -0.4 is 18.9 Å². The first kappa shape index (κ1) is 52.3. The Morgan fingerprint density at radius 3 is 1.46 bits per heavy atom. The third kappa shape index (κ3) is 13.5. The topological polar surface area (TPSA) is 223 Å². The van der Waals surface area contributed by atoms with Crippen LogP contribution in [-0.2, 0) is 51.0 Å². The van der Waals surface area contributed by atoms with Gasteiger partial charge in [0.1, 0.15) is 39.6 Å². The molecule has 4 aromatic carbocycles. The standard InChI is InChI=1S/C54H54O16/c1-7-19-63-43-17-13-33(25-45(43)65-21-9-3)27-47(52(60)67-23-11-5)69-51(59)38-29-36-31-41(57)42(58)32-37(36)49(35-15-16-39(55)40(56)30-35)50(38)54(62)70-48(53(61)68-24-12-6)28-34-14-18-44(64-20-8-2)46(26-34)66-22-10-4/h7-18,25-26,29-32,47-50,55-58H,1-6,19-24,27-28H2/t47-,48-,49-,50-/m0/s1. The van der Waals surface area contributed by atoms with E-state index in [0.29, 0.717) is 22.6 Å². The molecule has 0 unspecified atom stereocenters. The third-order valence-electron chi connectivity index (χ3n) is 10.3. The van der Waals surface area contributed by atoms with Gasteiger partial charge in [0.15, 0.2) is 46.0 Å². The van der Waals surface area contributed by atoms with E-state index in [1.165, 1.54) is 36.4 Å². The van der Waals surface area contributed by atoms with E-state index in [-0.39, 0.29) is 80.7 Å². The van der Waals surface area contributed by atoms with Crippen molar-refractivity contribution < 1.29 is 77.5 Å². The zero-order chi connectivity index (χ0) is 50.7. The van der Waals surface area contributed by atoms with Crippen molar-refractivity contribution in [3.8, 4) is 46.0 Å². The second-order valence-corrected chi connectivity index (χ2v) is 15.3. The molecule has 0 heterocycles. The van der Waals surface area contributed by atoms with Gasteiger partial charge in [-0.1, -0.05) is 94.1 Å². The Morgan fingerprint density at radius 2 is 0.971 bits per heavy atom. The number of aromatic hydroxyl groups is 4. The lowest BCUT2D eigenvalue weighted by atomic mass is 9.71. The molecule has 0 aliphatic heterocycles. The molecular weight excluding hydrogens is 905 g/mol. The van der Waals surface area contributed by atoms with E-state index in [4.69, 9.17) is 37.9 Å². The maximum atomic E-state index is 15.1. The number of hydrogen-bond acceptors (Lipinski definition) is 16. The Morgan fingerprint density at radius 1 is 0.514 bits per heavy atom. The predicted molar refractivity (Wildman–Crippen MR) is 258 cm³/mol. The van der Waals surface area contributed by atoms with Gasteiger partial charge in [-0.05, 0) is 82.4 Å². The molecule has 1 aliphatic rings. The number of phenolic OH excluding ortho intramolecular Hbond substituents is 4. The highest BCUT2D eigenvalue weighted by atomic mass is 16.6. The van der Waals surface area contributed by atoms with E-state index in [9.17, 15) is 34.8 Å². The van der Waals surface area contributed by atoms with Crippen molar-refractivity contribution in [3.63, 3.8) is 0 Å². The summed E-state index contributed by atoms with van der Waals surface area (Å²) >= 11 is 0. The van der Waals surface area contributed by atoms with Crippen LogP contribution in [0.4, 0.5) is 0 Å². The molecule has 0 saturated carbocycles. The van der Waals surface area contributed by atoms with Crippen molar-refractivity contribution in [3.05, 3.63) is 176 Å². The van der Waals surface area contributed by atoms with Crippen molar-refractivity contribution in [2.75, 3.05) is 39.6 Å².